The maximum absolute atomic E-state index is 12.6. The molecule has 0 bridgehead atoms. The summed E-state index contributed by atoms with van der Waals surface area (Å²) < 4.78 is 16.8. The molecular formula is C10H8FNO4. The Balaban J connectivity index is 3.01. The quantitative estimate of drug-likeness (QED) is 0.208. The van der Waals surface area contributed by atoms with Crippen molar-refractivity contribution in [3.05, 3.63) is 35.6 Å². The summed E-state index contributed by atoms with van der Waals surface area (Å²) in [6.45, 7) is 0. The Hall–Kier alpha value is -2.24. The van der Waals surface area contributed by atoms with Crippen molar-refractivity contribution in [1.82, 2.24) is 0 Å². The molecule has 0 aliphatic rings. The van der Waals surface area contributed by atoms with Crippen LogP contribution in [0.2, 0.25) is 0 Å². The van der Waals surface area contributed by atoms with Gasteiger partial charge in [-0.1, -0.05) is 5.16 Å². The molecule has 0 fully saturated rings. The molecule has 0 heterocycles. The second-order valence-electron chi connectivity index (χ2n) is 2.78. The fourth-order valence-corrected chi connectivity index (χ4v) is 1.01. The van der Waals surface area contributed by atoms with Crippen LogP contribution in [0.1, 0.15) is 10.4 Å². The average molecular weight is 225 g/mol. The third kappa shape index (κ3) is 2.41. The van der Waals surface area contributed by atoms with Gasteiger partial charge in [-0.05, 0) is 24.3 Å². The molecular weight excluding hydrogens is 217 g/mol. The lowest BCUT2D eigenvalue weighted by Crippen LogP contribution is -2.25. The van der Waals surface area contributed by atoms with E-state index in [1.165, 1.54) is 12.1 Å². The van der Waals surface area contributed by atoms with Gasteiger partial charge in [0.15, 0.2) is 0 Å². The zero-order valence-corrected chi connectivity index (χ0v) is 8.31. The Morgan fingerprint density at radius 3 is 2.31 bits per heavy atom. The van der Waals surface area contributed by atoms with E-state index in [0.717, 1.165) is 19.2 Å². The number of methoxy groups -OCH3 is 1. The van der Waals surface area contributed by atoms with Gasteiger partial charge in [-0.2, -0.15) is 0 Å². The van der Waals surface area contributed by atoms with Gasteiger partial charge in [-0.25, -0.2) is 9.18 Å². The zero-order valence-electron chi connectivity index (χ0n) is 8.31. The minimum absolute atomic E-state index is 0.0274. The van der Waals surface area contributed by atoms with Crippen molar-refractivity contribution in [1.29, 1.82) is 0 Å². The fraction of sp³-hybridized carbons (Fsp3) is 0.100. The average Bonchev–Trinajstić information content (AvgIpc) is 2.30. The number of nitrogens with zero attached hydrogens (tertiary/aromatic N) is 1. The van der Waals surface area contributed by atoms with Crippen molar-refractivity contribution < 1.29 is 23.9 Å². The molecule has 84 valence electrons. The highest BCUT2D eigenvalue weighted by molar-refractivity contribution is 6.67. The summed E-state index contributed by atoms with van der Waals surface area (Å²) in [6, 6.07) is 4.45. The number of carbonyl (C=O) groups excluding carboxylic acids is 2. The van der Waals surface area contributed by atoms with E-state index in [9.17, 15) is 14.0 Å². The molecule has 0 aliphatic carbocycles. The van der Waals surface area contributed by atoms with Crippen LogP contribution in [0.5, 0.6) is 0 Å². The van der Waals surface area contributed by atoms with Crippen molar-refractivity contribution in [2.45, 2.75) is 0 Å². The SMILES string of the molecule is COC(=O)/C(=N\O)C(=O)c1ccc(F)cc1. The number of carbonyl (C=O) groups is 2. The summed E-state index contributed by atoms with van der Waals surface area (Å²) in [5, 5.41) is 11.1. The normalized spacial score (nSPS) is 11.0. The van der Waals surface area contributed by atoms with E-state index in [4.69, 9.17) is 5.21 Å². The minimum Gasteiger partial charge on any atom is -0.464 e. The predicted octanol–water partition coefficient (Wildman–Crippen LogP) is 1.01. The molecule has 0 aromatic heterocycles. The predicted molar refractivity (Wildman–Crippen MR) is 52.0 cm³/mol. The van der Waals surface area contributed by atoms with Gasteiger partial charge in [0, 0.05) is 5.56 Å². The molecule has 1 rings (SSSR count). The summed E-state index contributed by atoms with van der Waals surface area (Å²) in [5.41, 5.74) is -0.728. The Bertz CT molecular complexity index is 439. The summed E-state index contributed by atoms with van der Waals surface area (Å²) in [6.07, 6.45) is 0. The minimum atomic E-state index is -1.06. The molecule has 0 unspecified atom stereocenters. The number of halogens is 1. The highest BCUT2D eigenvalue weighted by Crippen LogP contribution is 2.05. The number of ether oxygens (including phenoxy) is 1. The van der Waals surface area contributed by atoms with Gasteiger partial charge in [-0.15, -0.1) is 0 Å². The second kappa shape index (κ2) is 5.01. The van der Waals surface area contributed by atoms with Crippen molar-refractivity contribution in [2.75, 3.05) is 7.11 Å². The van der Waals surface area contributed by atoms with Crippen LogP contribution >= 0.6 is 0 Å². The van der Waals surface area contributed by atoms with Gasteiger partial charge >= 0.3 is 5.97 Å². The standard InChI is InChI=1S/C10H8FNO4/c1-16-10(14)8(12-15)9(13)6-2-4-7(11)5-3-6/h2-5,15H,1H3/b12-8-. The number of hydrogen-bond donors (Lipinski definition) is 1. The van der Waals surface area contributed by atoms with Crippen LogP contribution in [-0.4, -0.2) is 29.8 Å². The lowest BCUT2D eigenvalue weighted by Gasteiger charge is -2.01. The van der Waals surface area contributed by atoms with E-state index in [2.05, 4.69) is 9.89 Å². The molecule has 16 heavy (non-hydrogen) atoms. The first kappa shape index (κ1) is 11.8. The third-order valence-electron chi connectivity index (χ3n) is 1.80. The molecule has 0 atom stereocenters. The van der Waals surface area contributed by atoms with Gasteiger partial charge in [-0.3, -0.25) is 4.79 Å². The van der Waals surface area contributed by atoms with E-state index >= 15 is 0 Å². The van der Waals surface area contributed by atoms with E-state index in [-0.39, 0.29) is 5.56 Å². The molecule has 0 saturated heterocycles. The molecule has 5 nitrogen and oxygen atoms in total. The van der Waals surface area contributed by atoms with Gasteiger partial charge < -0.3 is 9.94 Å². The number of rotatable bonds is 3. The Morgan fingerprint density at radius 1 is 1.31 bits per heavy atom. The highest BCUT2D eigenvalue weighted by atomic mass is 19.1. The van der Waals surface area contributed by atoms with Gasteiger partial charge in [0.25, 0.3) is 0 Å². The highest BCUT2D eigenvalue weighted by Gasteiger charge is 2.23. The molecule has 0 amide bonds. The Morgan fingerprint density at radius 2 is 1.88 bits per heavy atom. The molecule has 1 N–H and O–H groups in total. The molecule has 6 heteroatoms. The molecule has 0 radical (unpaired) electrons. The zero-order chi connectivity index (χ0) is 12.1. The lowest BCUT2D eigenvalue weighted by atomic mass is 10.1. The maximum Gasteiger partial charge on any atom is 0.364 e. The molecule has 1 aromatic rings. The molecule has 0 spiro atoms. The van der Waals surface area contributed by atoms with Crippen LogP contribution in [0.3, 0.4) is 0 Å². The van der Waals surface area contributed by atoms with Gasteiger partial charge in [0.1, 0.15) is 5.82 Å². The number of esters is 1. The largest absolute Gasteiger partial charge is 0.464 e. The van der Waals surface area contributed by atoms with Crippen LogP contribution in [0, 0.1) is 5.82 Å². The monoisotopic (exact) mass is 225 g/mol. The summed E-state index contributed by atoms with van der Waals surface area (Å²) in [4.78, 5) is 22.6. The van der Waals surface area contributed by atoms with Crippen molar-refractivity contribution in [3.63, 3.8) is 0 Å². The van der Waals surface area contributed by atoms with Gasteiger partial charge in [0.05, 0.1) is 7.11 Å². The van der Waals surface area contributed by atoms with E-state index in [1.807, 2.05) is 0 Å². The molecule has 0 aliphatic heterocycles. The van der Waals surface area contributed by atoms with Gasteiger partial charge in [0.2, 0.25) is 11.5 Å². The van der Waals surface area contributed by atoms with Crippen molar-refractivity contribution in [3.8, 4) is 0 Å². The summed E-state index contributed by atoms with van der Waals surface area (Å²) in [5.74, 6) is -2.41. The first-order valence-electron chi connectivity index (χ1n) is 4.20. The number of oxime groups is 1. The van der Waals surface area contributed by atoms with E-state index in [1.54, 1.807) is 0 Å². The number of benzene rings is 1. The summed E-state index contributed by atoms with van der Waals surface area (Å²) in [7, 11) is 1.05. The van der Waals surface area contributed by atoms with E-state index < -0.39 is 23.3 Å². The smallest absolute Gasteiger partial charge is 0.364 e. The van der Waals surface area contributed by atoms with Crippen molar-refractivity contribution >= 4 is 17.5 Å². The third-order valence-corrected chi connectivity index (χ3v) is 1.80. The topological polar surface area (TPSA) is 76.0 Å². The summed E-state index contributed by atoms with van der Waals surface area (Å²) >= 11 is 0. The second-order valence-corrected chi connectivity index (χ2v) is 2.78. The number of hydrogen-bond acceptors (Lipinski definition) is 5. The first-order chi connectivity index (χ1) is 7.60. The molecule has 1 aromatic carbocycles. The Labute approximate surface area is 90.1 Å². The molecule has 0 saturated carbocycles. The Kier molecular flexibility index (Phi) is 3.71. The van der Waals surface area contributed by atoms with Crippen LogP contribution in [0.4, 0.5) is 4.39 Å². The first-order valence-corrected chi connectivity index (χ1v) is 4.20. The van der Waals surface area contributed by atoms with E-state index in [0.29, 0.717) is 0 Å². The van der Waals surface area contributed by atoms with Crippen LogP contribution in [-0.2, 0) is 9.53 Å². The fourth-order valence-electron chi connectivity index (χ4n) is 1.01. The van der Waals surface area contributed by atoms with Crippen LogP contribution in [0.25, 0.3) is 0 Å². The van der Waals surface area contributed by atoms with Crippen molar-refractivity contribution in [2.24, 2.45) is 5.16 Å². The van der Waals surface area contributed by atoms with Crippen LogP contribution in [0.15, 0.2) is 29.4 Å². The number of ketones is 1. The lowest BCUT2D eigenvalue weighted by molar-refractivity contribution is -0.132. The maximum atomic E-state index is 12.6. The number of Topliss-reactive ketones (excluding diaryl/α,β-unsaturated/α-hetero) is 1. The van der Waals surface area contributed by atoms with Crippen LogP contribution < -0.4 is 0 Å².